The highest BCUT2D eigenvalue weighted by Crippen LogP contribution is 2.13. The lowest BCUT2D eigenvalue weighted by atomic mass is 10.0. The SMILES string of the molecule is CCC1CN(C(C)N)C(CC)CN1. The summed E-state index contributed by atoms with van der Waals surface area (Å²) >= 11 is 0. The molecule has 3 heteroatoms. The number of piperazine rings is 1. The van der Waals surface area contributed by atoms with E-state index in [1.165, 1.54) is 12.8 Å². The van der Waals surface area contributed by atoms with Crippen LogP contribution in [-0.2, 0) is 0 Å². The molecule has 0 aliphatic carbocycles. The van der Waals surface area contributed by atoms with Gasteiger partial charge in [-0.2, -0.15) is 0 Å². The van der Waals surface area contributed by atoms with E-state index in [9.17, 15) is 0 Å². The Morgan fingerprint density at radius 1 is 1.46 bits per heavy atom. The zero-order valence-electron chi connectivity index (χ0n) is 9.09. The molecule has 3 atom stereocenters. The van der Waals surface area contributed by atoms with Gasteiger partial charge in [-0.15, -0.1) is 0 Å². The molecule has 0 aromatic heterocycles. The topological polar surface area (TPSA) is 41.3 Å². The molecule has 1 aliphatic rings. The first kappa shape index (κ1) is 11.0. The van der Waals surface area contributed by atoms with Gasteiger partial charge in [0.25, 0.3) is 0 Å². The van der Waals surface area contributed by atoms with Gasteiger partial charge in [0.1, 0.15) is 0 Å². The zero-order chi connectivity index (χ0) is 9.84. The minimum Gasteiger partial charge on any atom is -0.316 e. The third-order valence-electron chi connectivity index (χ3n) is 3.03. The number of hydrogen-bond donors (Lipinski definition) is 2. The van der Waals surface area contributed by atoms with Gasteiger partial charge in [-0.1, -0.05) is 13.8 Å². The molecule has 3 N–H and O–H groups in total. The van der Waals surface area contributed by atoms with Crippen LogP contribution in [0, 0.1) is 0 Å². The van der Waals surface area contributed by atoms with Crippen LogP contribution in [0.2, 0.25) is 0 Å². The van der Waals surface area contributed by atoms with Crippen LogP contribution in [0.5, 0.6) is 0 Å². The molecule has 0 aromatic carbocycles. The highest BCUT2D eigenvalue weighted by atomic mass is 15.3. The molecule has 1 heterocycles. The minimum atomic E-state index is 0.195. The molecular formula is C10H23N3. The number of nitrogens with one attached hydrogen (secondary N) is 1. The summed E-state index contributed by atoms with van der Waals surface area (Å²) in [5, 5.41) is 3.56. The van der Waals surface area contributed by atoms with Crippen molar-refractivity contribution in [3.8, 4) is 0 Å². The van der Waals surface area contributed by atoms with Crippen molar-refractivity contribution in [3.05, 3.63) is 0 Å². The molecule has 1 saturated heterocycles. The average Bonchev–Trinajstić information content (AvgIpc) is 2.16. The minimum absolute atomic E-state index is 0.195. The van der Waals surface area contributed by atoms with Gasteiger partial charge in [0.15, 0.2) is 0 Å². The van der Waals surface area contributed by atoms with E-state index in [1.54, 1.807) is 0 Å². The molecular weight excluding hydrogens is 162 g/mol. The van der Waals surface area contributed by atoms with Gasteiger partial charge in [-0.3, -0.25) is 4.90 Å². The molecule has 0 radical (unpaired) electrons. The predicted octanol–water partition coefficient (Wildman–Crippen LogP) is 0.754. The fraction of sp³-hybridized carbons (Fsp3) is 1.00. The van der Waals surface area contributed by atoms with Gasteiger partial charge in [0, 0.05) is 25.2 Å². The standard InChI is InChI=1S/C10H23N3/c1-4-9-7-13(8(3)11)10(5-2)6-12-9/h8-10,12H,4-7,11H2,1-3H3. The molecule has 1 rings (SSSR count). The average molecular weight is 185 g/mol. The van der Waals surface area contributed by atoms with Crippen molar-refractivity contribution in [1.29, 1.82) is 0 Å². The molecule has 1 aliphatic heterocycles. The van der Waals surface area contributed by atoms with Crippen LogP contribution in [0.15, 0.2) is 0 Å². The van der Waals surface area contributed by atoms with Crippen molar-refractivity contribution in [1.82, 2.24) is 10.2 Å². The van der Waals surface area contributed by atoms with E-state index >= 15 is 0 Å². The third kappa shape index (κ3) is 2.66. The van der Waals surface area contributed by atoms with Crippen molar-refractivity contribution in [2.24, 2.45) is 5.73 Å². The van der Waals surface area contributed by atoms with Crippen molar-refractivity contribution in [3.63, 3.8) is 0 Å². The van der Waals surface area contributed by atoms with E-state index in [2.05, 4.69) is 31.0 Å². The van der Waals surface area contributed by atoms with Crippen molar-refractivity contribution in [2.45, 2.75) is 51.9 Å². The maximum Gasteiger partial charge on any atom is 0.0546 e. The molecule has 0 saturated carbocycles. The van der Waals surface area contributed by atoms with Crippen molar-refractivity contribution < 1.29 is 0 Å². The Kier molecular flexibility index (Phi) is 4.16. The molecule has 0 aromatic rings. The summed E-state index contributed by atoms with van der Waals surface area (Å²) in [7, 11) is 0. The summed E-state index contributed by atoms with van der Waals surface area (Å²) in [6, 6.07) is 1.26. The fourth-order valence-corrected chi connectivity index (χ4v) is 2.04. The lowest BCUT2D eigenvalue weighted by Crippen LogP contribution is -2.60. The van der Waals surface area contributed by atoms with Crippen LogP contribution in [0.3, 0.4) is 0 Å². The number of nitrogens with zero attached hydrogens (tertiary/aromatic N) is 1. The normalized spacial score (nSPS) is 33.2. The van der Waals surface area contributed by atoms with Crippen LogP contribution in [-0.4, -0.2) is 36.2 Å². The monoisotopic (exact) mass is 185 g/mol. The summed E-state index contributed by atoms with van der Waals surface area (Å²) in [5.41, 5.74) is 5.95. The highest BCUT2D eigenvalue weighted by molar-refractivity contribution is 4.85. The predicted molar refractivity (Wildman–Crippen MR) is 56.5 cm³/mol. The Balaban J connectivity index is 2.52. The van der Waals surface area contributed by atoms with Crippen LogP contribution in [0.4, 0.5) is 0 Å². The lowest BCUT2D eigenvalue weighted by Gasteiger charge is -2.42. The van der Waals surface area contributed by atoms with Crippen LogP contribution in [0.1, 0.15) is 33.6 Å². The van der Waals surface area contributed by atoms with Gasteiger partial charge >= 0.3 is 0 Å². The summed E-state index contributed by atoms with van der Waals surface area (Å²) in [6.45, 7) is 8.74. The molecule has 78 valence electrons. The summed E-state index contributed by atoms with van der Waals surface area (Å²) in [6.07, 6.45) is 2.58. The second-order valence-corrected chi connectivity index (χ2v) is 4.01. The first-order valence-corrected chi connectivity index (χ1v) is 5.43. The lowest BCUT2D eigenvalue weighted by molar-refractivity contribution is 0.0879. The second kappa shape index (κ2) is 4.94. The zero-order valence-corrected chi connectivity index (χ0v) is 9.09. The number of nitrogens with two attached hydrogens (primary N) is 1. The van der Waals surface area contributed by atoms with Crippen LogP contribution >= 0.6 is 0 Å². The van der Waals surface area contributed by atoms with E-state index in [-0.39, 0.29) is 6.17 Å². The summed E-state index contributed by atoms with van der Waals surface area (Å²) < 4.78 is 0. The van der Waals surface area contributed by atoms with Gasteiger partial charge in [0.05, 0.1) is 6.17 Å². The van der Waals surface area contributed by atoms with Gasteiger partial charge in [-0.05, 0) is 19.8 Å². The van der Waals surface area contributed by atoms with Gasteiger partial charge in [-0.25, -0.2) is 0 Å². The Labute approximate surface area is 81.7 Å². The van der Waals surface area contributed by atoms with Gasteiger partial charge in [0.2, 0.25) is 0 Å². The largest absolute Gasteiger partial charge is 0.316 e. The number of rotatable bonds is 3. The first-order chi connectivity index (χ1) is 6.19. The van der Waals surface area contributed by atoms with E-state index in [0.29, 0.717) is 12.1 Å². The molecule has 13 heavy (non-hydrogen) atoms. The maximum atomic E-state index is 5.95. The maximum absolute atomic E-state index is 5.95. The summed E-state index contributed by atoms with van der Waals surface area (Å²) in [4.78, 5) is 2.42. The van der Waals surface area contributed by atoms with E-state index in [0.717, 1.165) is 13.1 Å². The second-order valence-electron chi connectivity index (χ2n) is 4.01. The highest BCUT2D eigenvalue weighted by Gasteiger charge is 2.27. The van der Waals surface area contributed by atoms with Crippen molar-refractivity contribution in [2.75, 3.05) is 13.1 Å². The third-order valence-corrected chi connectivity index (χ3v) is 3.03. The first-order valence-electron chi connectivity index (χ1n) is 5.43. The molecule has 3 nitrogen and oxygen atoms in total. The fourth-order valence-electron chi connectivity index (χ4n) is 2.04. The van der Waals surface area contributed by atoms with E-state index < -0.39 is 0 Å². The number of hydrogen-bond acceptors (Lipinski definition) is 3. The van der Waals surface area contributed by atoms with Crippen molar-refractivity contribution >= 4 is 0 Å². The van der Waals surface area contributed by atoms with Crippen LogP contribution in [0.25, 0.3) is 0 Å². The van der Waals surface area contributed by atoms with E-state index in [1.807, 2.05) is 0 Å². The molecule has 0 spiro atoms. The van der Waals surface area contributed by atoms with E-state index in [4.69, 9.17) is 5.73 Å². The smallest absolute Gasteiger partial charge is 0.0546 e. The Morgan fingerprint density at radius 3 is 2.62 bits per heavy atom. The molecule has 0 bridgehead atoms. The molecule has 1 fully saturated rings. The molecule has 0 amide bonds. The summed E-state index contributed by atoms with van der Waals surface area (Å²) in [5.74, 6) is 0. The Morgan fingerprint density at radius 2 is 2.15 bits per heavy atom. The quantitative estimate of drug-likeness (QED) is 0.682. The molecule has 3 unspecified atom stereocenters. The van der Waals surface area contributed by atoms with Crippen LogP contribution < -0.4 is 11.1 Å². The Hall–Kier alpha value is -0.120. The van der Waals surface area contributed by atoms with Gasteiger partial charge < -0.3 is 11.1 Å². The Bertz CT molecular complexity index is 147.